The van der Waals surface area contributed by atoms with Gasteiger partial charge in [-0.05, 0) is 31.9 Å². The maximum absolute atomic E-state index is 13.0. The Kier molecular flexibility index (Phi) is 5.06. The fourth-order valence-electron chi connectivity index (χ4n) is 2.91. The predicted octanol–water partition coefficient (Wildman–Crippen LogP) is 5.19. The summed E-state index contributed by atoms with van der Waals surface area (Å²) in [4.78, 5) is 18.8. The molecule has 0 bridgehead atoms. The van der Waals surface area contributed by atoms with E-state index in [1.54, 1.807) is 25.1 Å². The summed E-state index contributed by atoms with van der Waals surface area (Å²) in [5, 5.41) is 1.19. The molecule has 25 heavy (non-hydrogen) atoms. The minimum atomic E-state index is -4.27. The molecule has 1 amide bonds. The van der Waals surface area contributed by atoms with Crippen LogP contribution < -0.4 is 0 Å². The lowest BCUT2D eigenvalue weighted by Crippen LogP contribution is -2.44. The third-order valence-corrected chi connectivity index (χ3v) is 5.66. The van der Waals surface area contributed by atoms with Crippen molar-refractivity contribution in [1.82, 2.24) is 9.88 Å². The number of likely N-dealkylation sites (tertiary alicyclic amines) is 1. The van der Waals surface area contributed by atoms with E-state index in [4.69, 9.17) is 11.6 Å². The van der Waals surface area contributed by atoms with Gasteiger partial charge >= 0.3 is 6.18 Å². The quantitative estimate of drug-likeness (QED) is 0.709. The number of aryl methyl sites for hydroxylation is 1. The Morgan fingerprint density at radius 3 is 2.84 bits per heavy atom. The zero-order valence-corrected chi connectivity index (χ0v) is 15.0. The van der Waals surface area contributed by atoms with Crippen LogP contribution in [-0.2, 0) is 0 Å². The highest BCUT2D eigenvalue weighted by Crippen LogP contribution is 2.35. The van der Waals surface area contributed by atoms with Gasteiger partial charge in [0.1, 0.15) is 9.88 Å². The fourth-order valence-corrected chi connectivity index (χ4v) is 4.13. The first-order chi connectivity index (χ1) is 11.8. The summed E-state index contributed by atoms with van der Waals surface area (Å²) in [7, 11) is 0. The van der Waals surface area contributed by atoms with E-state index in [1.807, 2.05) is 6.07 Å². The van der Waals surface area contributed by atoms with E-state index in [0.717, 1.165) is 5.56 Å². The van der Waals surface area contributed by atoms with Crippen LogP contribution >= 0.6 is 22.9 Å². The summed E-state index contributed by atoms with van der Waals surface area (Å²) >= 11 is 7.17. The number of halogens is 4. The molecule has 1 aliphatic rings. The number of aromatic nitrogens is 1. The van der Waals surface area contributed by atoms with Crippen LogP contribution in [0.3, 0.4) is 0 Å². The molecule has 1 fully saturated rings. The molecule has 0 radical (unpaired) electrons. The lowest BCUT2D eigenvalue weighted by atomic mass is 9.97. The topological polar surface area (TPSA) is 33.2 Å². The summed E-state index contributed by atoms with van der Waals surface area (Å²) in [5.74, 6) is -1.83. The van der Waals surface area contributed by atoms with Gasteiger partial charge in [-0.3, -0.25) is 4.79 Å². The molecule has 1 aliphatic heterocycles. The summed E-state index contributed by atoms with van der Waals surface area (Å²) in [5.41, 5.74) is 1.31. The van der Waals surface area contributed by atoms with Crippen LogP contribution in [0.25, 0.3) is 10.6 Å². The number of amides is 1. The summed E-state index contributed by atoms with van der Waals surface area (Å²) in [6.07, 6.45) is -3.84. The second-order valence-electron chi connectivity index (χ2n) is 6.08. The molecule has 0 saturated carbocycles. The molecule has 134 valence electrons. The second kappa shape index (κ2) is 6.96. The Morgan fingerprint density at radius 1 is 1.40 bits per heavy atom. The molecule has 3 nitrogen and oxygen atoms in total. The van der Waals surface area contributed by atoms with Crippen molar-refractivity contribution in [2.24, 2.45) is 5.92 Å². The van der Waals surface area contributed by atoms with Crippen LogP contribution in [0, 0.1) is 12.8 Å². The van der Waals surface area contributed by atoms with Gasteiger partial charge < -0.3 is 4.90 Å². The average molecular weight is 389 g/mol. The van der Waals surface area contributed by atoms with E-state index in [-0.39, 0.29) is 18.9 Å². The van der Waals surface area contributed by atoms with Crippen LogP contribution in [0.5, 0.6) is 0 Å². The van der Waals surface area contributed by atoms with Crippen LogP contribution in [0.2, 0.25) is 5.02 Å². The molecule has 1 aromatic heterocycles. The van der Waals surface area contributed by atoms with E-state index in [9.17, 15) is 18.0 Å². The SMILES string of the molecule is Cc1nc(-c2cccc(Cl)c2)sc1C(=O)N1CCCC(C(F)(F)F)C1. The average Bonchev–Trinajstić information content (AvgIpc) is 2.95. The van der Waals surface area contributed by atoms with Crippen molar-refractivity contribution in [3.63, 3.8) is 0 Å². The Bertz CT molecular complexity index is 790. The van der Waals surface area contributed by atoms with E-state index >= 15 is 0 Å². The lowest BCUT2D eigenvalue weighted by molar-refractivity contribution is -0.184. The van der Waals surface area contributed by atoms with E-state index < -0.39 is 12.1 Å². The smallest absolute Gasteiger partial charge is 0.337 e. The minimum Gasteiger partial charge on any atom is -0.337 e. The molecule has 0 aliphatic carbocycles. The van der Waals surface area contributed by atoms with Crippen LogP contribution in [-0.4, -0.2) is 35.1 Å². The number of piperidine rings is 1. The molecule has 8 heteroatoms. The van der Waals surface area contributed by atoms with Gasteiger partial charge in [0.25, 0.3) is 5.91 Å². The molecular weight excluding hydrogens is 373 g/mol. The van der Waals surface area contributed by atoms with Crippen LogP contribution in [0.4, 0.5) is 13.2 Å². The molecule has 2 aromatic rings. The largest absolute Gasteiger partial charge is 0.393 e. The number of carbonyl (C=O) groups is 1. The first kappa shape index (κ1) is 18.2. The number of alkyl halides is 3. The number of thiazole rings is 1. The maximum Gasteiger partial charge on any atom is 0.393 e. The second-order valence-corrected chi connectivity index (χ2v) is 7.51. The standard InChI is InChI=1S/C17H16ClF3N2OS/c1-10-14(25-15(22-10)11-4-2-6-13(18)8-11)16(24)23-7-3-5-12(9-23)17(19,20)21/h2,4,6,8,12H,3,5,7,9H2,1H3. The number of nitrogens with zero attached hydrogens (tertiary/aromatic N) is 2. The molecule has 1 saturated heterocycles. The monoisotopic (exact) mass is 388 g/mol. The highest BCUT2D eigenvalue weighted by Gasteiger charge is 2.43. The van der Waals surface area contributed by atoms with E-state index in [0.29, 0.717) is 33.6 Å². The summed E-state index contributed by atoms with van der Waals surface area (Å²) in [6, 6.07) is 7.10. The number of rotatable bonds is 2. The highest BCUT2D eigenvalue weighted by molar-refractivity contribution is 7.17. The van der Waals surface area contributed by atoms with Crippen molar-refractivity contribution in [1.29, 1.82) is 0 Å². The first-order valence-electron chi connectivity index (χ1n) is 7.85. The molecule has 0 spiro atoms. The number of benzene rings is 1. The minimum absolute atomic E-state index is 0.0721. The molecule has 1 atom stereocenters. The van der Waals surface area contributed by atoms with Crippen molar-refractivity contribution >= 4 is 28.8 Å². The van der Waals surface area contributed by atoms with Crippen molar-refractivity contribution in [3.05, 3.63) is 39.9 Å². The molecule has 1 aromatic carbocycles. The van der Waals surface area contributed by atoms with Gasteiger partial charge in [0, 0.05) is 23.7 Å². The zero-order chi connectivity index (χ0) is 18.2. The number of hydrogen-bond acceptors (Lipinski definition) is 3. The molecule has 0 N–H and O–H groups in total. The van der Waals surface area contributed by atoms with Gasteiger partial charge in [-0.1, -0.05) is 23.7 Å². The van der Waals surface area contributed by atoms with Gasteiger partial charge in [-0.2, -0.15) is 13.2 Å². The summed E-state index contributed by atoms with van der Waals surface area (Å²) in [6.45, 7) is 1.75. The van der Waals surface area contributed by atoms with Gasteiger partial charge in [0.2, 0.25) is 0 Å². The Morgan fingerprint density at radius 2 is 2.16 bits per heavy atom. The van der Waals surface area contributed by atoms with Gasteiger partial charge in [-0.15, -0.1) is 11.3 Å². The maximum atomic E-state index is 13.0. The molecule has 2 heterocycles. The van der Waals surface area contributed by atoms with E-state index in [2.05, 4.69) is 4.98 Å². The van der Waals surface area contributed by atoms with Crippen LogP contribution in [0.15, 0.2) is 24.3 Å². The normalized spacial score (nSPS) is 18.4. The Labute approximate surface area is 152 Å². The number of hydrogen-bond donors (Lipinski definition) is 0. The van der Waals surface area contributed by atoms with Gasteiger partial charge in [0.05, 0.1) is 11.6 Å². The lowest BCUT2D eigenvalue weighted by Gasteiger charge is -2.33. The number of carbonyl (C=O) groups excluding carboxylic acids is 1. The molecule has 3 rings (SSSR count). The Hall–Kier alpha value is -1.60. The zero-order valence-electron chi connectivity index (χ0n) is 13.4. The van der Waals surface area contributed by atoms with Crippen molar-refractivity contribution in [2.75, 3.05) is 13.1 Å². The molecule has 1 unspecified atom stereocenters. The predicted molar refractivity (Wildman–Crippen MR) is 92.0 cm³/mol. The third-order valence-electron chi connectivity index (χ3n) is 4.23. The first-order valence-corrected chi connectivity index (χ1v) is 9.04. The van der Waals surface area contributed by atoms with Crippen molar-refractivity contribution in [2.45, 2.75) is 25.9 Å². The third kappa shape index (κ3) is 3.98. The van der Waals surface area contributed by atoms with Crippen LogP contribution in [0.1, 0.15) is 28.2 Å². The van der Waals surface area contributed by atoms with E-state index in [1.165, 1.54) is 16.2 Å². The highest BCUT2D eigenvalue weighted by atomic mass is 35.5. The van der Waals surface area contributed by atoms with Gasteiger partial charge in [0.15, 0.2) is 0 Å². The Balaban J connectivity index is 1.83. The van der Waals surface area contributed by atoms with Crippen molar-refractivity contribution < 1.29 is 18.0 Å². The van der Waals surface area contributed by atoms with Crippen molar-refractivity contribution in [3.8, 4) is 10.6 Å². The summed E-state index contributed by atoms with van der Waals surface area (Å²) < 4.78 is 38.9. The van der Waals surface area contributed by atoms with Gasteiger partial charge in [-0.25, -0.2) is 4.98 Å². The molecular formula is C17H16ClF3N2OS. The fraction of sp³-hybridized carbons (Fsp3) is 0.412.